The highest BCUT2D eigenvalue weighted by molar-refractivity contribution is 6.05. The molecule has 144 valence electrons. The lowest BCUT2D eigenvalue weighted by atomic mass is 10.0. The lowest BCUT2D eigenvalue weighted by Crippen LogP contribution is -2.28. The van der Waals surface area contributed by atoms with Gasteiger partial charge in [0.05, 0.1) is 37.7 Å². The predicted octanol–water partition coefficient (Wildman–Crippen LogP) is 2.69. The van der Waals surface area contributed by atoms with Gasteiger partial charge in [-0.15, -0.1) is 0 Å². The third kappa shape index (κ3) is 4.03. The average molecular weight is 383 g/mol. The second kappa shape index (κ2) is 8.09. The number of carbonyl (C=O) groups excluding carboxylic acids is 2. The molecule has 0 saturated heterocycles. The Labute approximate surface area is 152 Å². The van der Waals surface area contributed by atoms with Crippen LogP contribution >= 0.6 is 0 Å². The van der Waals surface area contributed by atoms with Crippen LogP contribution in [0.2, 0.25) is 0 Å². The lowest BCUT2D eigenvalue weighted by molar-refractivity contribution is -0.139. The van der Waals surface area contributed by atoms with Crippen molar-refractivity contribution in [2.75, 3.05) is 19.1 Å². The Bertz CT molecular complexity index is 840. The van der Waals surface area contributed by atoms with E-state index in [1.165, 1.54) is 30.5 Å². The number of aliphatic hydroxyl groups is 1. The molecule has 2 rings (SSSR count). The molecule has 0 aromatic heterocycles. The maximum Gasteiger partial charge on any atom is 0.416 e. The second-order valence-corrected chi connectivity index (χ2v) is 5.28. The van der Waals surface area contributed by atoms with Gasteiger partial charge in [0.15, 0.2) is 0 Å². The zero-order valence-electron chi connectivity index (χ0n) is 14.4. The Morgan fingerprint density at radius 3 is 2.33 bits per heavy atom. The van der Waals surface area contributed by atoms with Crippen LogP contribution in [-0.2, 0) is 31.8 Å². The summed E-state index contributed by atoms with van der Waals surface area (Å²) in [5.74, 6) is -1.84. The summed E-state index contributed by atoms with van der Waals surface area (Å²) >= 11 is 0. The topological polar surface area (TPSA) is 76.1 Å². The number of hydrogen-bond donors (Lipinski definition) is 1. The number of hydrogen-bond acceptors (Lipinski definition) is 6. The van der Waals surface area contributed by atoms with Crippen molar-refractivity contribution in [3.63, 3.8) is 0 Å². The molecule has 0 radical (unpaired) electrons. The number of ether oxygens (including phenoxy) is 2. The molecule has 0 fully saturated rings. The van der Waals surface area contributed by atoms with Crippen LogP contribution in [0.25, 0.3) is 0 Å². The number of esters is 2. The molecule has 0 bridgehead atoms. The summed E-state index contributed by atoms with van der Waals surface area (Å²) in [4.78, 5) is 25.5. The molecule has 1 aliphatic heterocycles. The highest BCUT2D eigenvalue weighted by Crippen LogP contribution is 2.38. The Balaban J connectivity index is 2.79. The first-order valence-corrected chi connectivity index (χ1v) is 7.61. The van der Waals surface area contributed by atoms with Gasteiger partial charge in [-0.25, -0.2) is 9.59 Å². The van der Waals surface area contributed by atoms with Gasteiger partial charge < -0.3 is 19.5 Å². The molecule has 0 aliphatic carbocycles. The van der Waals surface area contributed by atoms with Crippen molar-refractivity contribution in [2.45, 2.75) is 12.8 Å². The van der Waals surface area contributed by atoms with Crippen LogP contribution < -0.4 is 4.90 Å². The van der Waals surface area contributed by atoms with E-state index in [2.05, 4.69) is 4.74 Å². The van der Waals surface area contributed by atoms with E-state index in [-0.39, 0.29) is 17.0 Å². The first-order valence-electron chi connectivity index (χ1n) is 7.61. The first kappa shape index (κ1) is 20.2. The number of rotatable bonds is 4. The molecule has 27 heavy (non-hydrogen) atoms. The van der Waals surface area contributed by atoms with Crippen molar-refractivity contribution in [3.05, 3.63) is 65.0 Å². The highest BCUT2D eigenvalue weighted by atomic mass is 19.4. The molecule has 1 aliphatic rings. The Kier molecular flexibility index (Phi) is 6.06. The molecule has 6 nitrogen and oxygen atoms in total. The van der Waals surface area contributed by atoms with Crippen molar-refractivity contribution < 1.29 is 37.3 Å². The molecular weight excluding hydrogens is 367 g/mol. The van der Waals surface area contributed by atoms with Crippen molar-refractivity contribution >= 4 is 17.6 Å². The second-order valence-electron chi connectivity index (χ2n) is 5.28. The third-order valence-corrected chi connectivity index (χ3v) is 3.76. The van der Waals surface area contributed by atoms with E-state index in [9.17, 15) is 27.9 Å². The average Bonchev–Trinajstić information content (AvgIpc) is 2.88. The molecule has 1 aromatic carbocycles. The molecule has 0 atom stereocenters. The molecule has 0 spiro atoms. The largest absolute Gasteiger partial charge is 0.465 e. The van der Waals surface area contributed by atoms with Crippen molar-refractivity contribution in [1.29, 1.82) is 0 Å². The fourth-order valence-corrected chi connectivity index (χ4v) is 2.58. The molecule has 0 unspecified atom stereocenters. The van der Waals surface area contributed by atoms with Gasteiger partial charge in [0.2, 0.25) is 0 Å². The summed E-state index contributed by atoms with van der Waals surface area (Å²) < 4.78 is 49.3. The molecule has 1 N–H and O–H groups in total. The molecule has 0 saturated carbocycles. The minimum absolute atomic E-state index is 0.130. The first-order chi connectivity index (χ1) is 12.8. The van der Waals surface area contributed by atoms with Gasteiger partial charge in [-0.3, -0.25) is 0 Å². The zero-order chi connectivity index (χ0) is 20.2. The summed E-state index contributed by atoms with van der Waals surface area (Å²) in [5.41, 5.74) is -2.20. The monoisotopic (exact) mass is 383 g/mol. The van der Waals surface area contributed by atoms with Gasteiger partial charge in [-0.2, -0.15) is 13.2 Å². The number of methoxy groups -OCH3 is 2. The van der Waals surface area contributed by atoms with Crippen LogP contribution in [0.15, 0.2) is 53.9 Å². The number of aliphatic hydroxyl groups excluding tert-OH is 1. The number of carbonyl (C=O) groups is 2. The van der Waals surface area contributed by atoms with Crippen LogP contribution in [0.3, 0.4) is 0 Å². The van der Waals surface area contributed by atoms with E-state index in [0.29, 0.717) is 0 Å². The summed E-state index contributed by atoms with van der Waals surface area (Å²) in [7, 11) is 2.17. The van der Waals surface area contributed by atoms with Crippen LogP contribution in [0.1, 0.15) is 11.1 Å². The molecular formula is C18H16F3NO5. The minimum atomic E-state index is -4.72. The smallest absolute Gasteiger partial charge is 0.416 e. The van der Waals surface area contributed by atoms with Gasteiger partial charge in [-0.05, 0) is 24.3 Å². The van der Waals surface area contributed by atoms with Crippen LogP contribution in [0.5, 0.6) is 0 Å². The van der Waals surface area contributed by atoms with E-state index in [0.717, 1.165) is 31.3 Å². The molecule has 0 amide bonds. The fraction of sp³-hybridized carbons (Fsp3) is 0.222. The van der Waals surface area contributed by atoms with Crippen LogP contribution in [0, 0.1) is 0 Å². The number of allylic oxidation sites excluding steroid dienone is 2. The molecule has 1 heterocycles. The number of anilines is 1. The number of alkyl halides is 3. The lowest BCUT2D eigenvalue weighted by Gasteiger charge is -2.26. The Morgan fingerprint density at radius 1 is 1.11 bits per heavy atom. The third-order valence-electron chi connectivity index (χ3n) is 3.76. The van der Waals surface area contributed by atoms with E-state index in [1.54, 1.807) is 0 Å². The van der Waals surface area contributed by atoms with E-state index in [1.807, 2.05) is 0 Å². The number of benzene rings is 1. The standard InChI is InChI=1S/C18H16F3NO5/c1-26-16(24)11-6-3-4-9-22(15(11)17(25)27-2)14-8-5-7-13(12(14)10-23)18(19,20)21/h3-9,23H,10H2,1-2H3. The summed E-state index contributed by atoms with van der Waals surface area (Å²) in [6, 6.07) is 3.24. The van der Waals surface area contributed by atoms with Crippen molar-refractivity contribution in [3.8, 4) is 0 Å². The zero-order valence-corrected chi connectivity index (χ0v) is 14.4. The maximum atomic E-state index is 13.3. The Morgan fingerprint density at radius 2 is 1.78 bits per heavy atom. The normalized spacial score (nSPS) is 14.2. The summed E-state index contributed by atoms with van der Waals surface area (Å²) in [6.45, 7) is -0.940. The highest BCUT2D eigenvalue weighted by Gasteiger charge is 2.36. The van der Waals surface area contributed by atoms with E-state index < -0.39 is 35.8 Å². The molecule has 1 aromatic rings. The SMILES string of the molecule is COC(=O)C1=C(C(=O)OC)N(c2cccc(C(F)(F)F)c2CO)C=CC=C1. The van der Waals surface area contributed by atoms with Crippen molar-refractivity contribution in [1.82, 2.24) is 0 Å². The van der Waals surface area contributed by atoms with Gasteiger partial charge in [0.25, 0.3) is 0 Å². The van der Waals surface area contributed by atoms with Crippen molar-refractivity contribution in [2.24, 2.45) is 0 Å². The Hall–Kier alpha value is -3.07. The van der Waals surface area contributed by atoms with E-state index >= 15 is 0 Å². The van der Waals surface area contributed by atoms with Gasteiger partial charge in [-0.1, -0.05) is 12.1 Å². The molecule has 9 heteroatoms. The maximum absolute atomic E-state index is 13.3. The summed E-state index contributed by atoms with van der Waals surface area (Å²) in [5, 5.41) is 9.58. The fourth-order valence-electron chi connectivity index (χ4n) is 2.58. The van der Waals surface area contributed by atoms with Crippen LogP contribution in [-0.4, -0.2) is 31.3 Å². The summed E-state index contributed by atoms with van der Waals surface area (Å²) in [6.07, 6.45) is 0.679. The minimum Gasteiger partial charge on any atom is -0.465 e. The van der Waals surface area contributed by atoms with Gasteiger partial charge >= 0.3 is 18.1 Å². The predicted molar refractivity (Wildman–Crippen MR) is 89.2 cm³/mol. The number of halogens is 3. The van der Waals surface area contributed by atoms with Gasteiger partial charge in [0.1, 0.15) is 5.70 Å². The quantitative estimate of drug-likeness (QED) is 0.806. The van der Waals surface area contributed by atoms with E-state index in [4.69, 9.17) is 4.74 Å². The number of nitrogens with zero attached hydrogens (tertiary/aromatic N) is 1. The van der Waals surface area contributed by atoms with Gasteiger partial charge in [0, 0.05) is 11.8 Å². The van der Waals surface area contributed by atoms with Crippen LogP contribution in [0.4, 0.5) is 18.9 Å².